The van der Waals surface area contributed by atoms with E-state index < -0.39 is 5.60 Å². The van der Waals surface area contributed by atoms with Crippen molar-refractivity contribution in [1.29, 1.82) is 0 Å². The molecule has 0 saturated heterocycles. The lowest BCUT2D eigenvalue weighted by atomic mass is 9.74. The van der Waals surface area contributed by atoms with Gasteiger partial charge in [-0.25, -0.2) is 0 Å². The van der Waals surface area contributed by atoms with Crippen LogP contribution in [0.2, 0.25) is 0 Å². The lowest BCUT2D eigenvalue weighted by molar-refractivity contribution is -0.0326. The van der Waals surface area contributed by atoms with E-state index in [0.717, 1.165) is 6.42 Å². The van der Waals surface area contributed by atoms with Gasteiger partial charge < -0.3 is 5.11 Å². The van der Waals surface area contributed by atoms with Crippen LogP contribution in [-0.2, 0) is 0 Å². The van der Waals surface area contributed by atoms with Crippen LogP contribution in [0.4, 0.5) is 0 Å². The second-order valence-corrected chi connectivity index (χ2v) is 5.29. The lowest BCUT2D eigenvalue weighted by Crippen LogP contribution is -2.37. The molecule has 0 aromatic carbocycles. The summed E-state index contributed by atoms with van der Waals surface area (Å²) in [7, 11) is 0. The Kier molecular flexibility index (Phi) is 3.78. The first-order valence-electron chi connectivity index (χ1n) is 5.75. The van der Waals surface area contributed by atoms with Gasteiger partial charge in [-0.3, -0.25) is 0 Å². The van der Waals surface area contributed by atoms with Crippen molar-refractivity contribution in [3.63, 3.8) is 0 Å². The Morgan fingerprint density at radius 3 is 2.23 bits per heavy atom. The van der Waals surface area contributed by atoms with Crippen molar-refractivity contribution in [3.8, 4) is 0 Å². The van der Waals surface area contributed by atoms with Crippen LogP contribution in [0, 0.1) is 11.8 Å². The van der Waals surface area contributed by atoms with Gasteiger partial charge in [0.2, 0.25) is 0 Å². The third-order valence-corrected chi connectivity index (χ3v) is 3.31. The van der Waals surface area contributed by atoms with E-state index >= 15 is 0 Å². The molecule has 1 unspecified atom stereocenters. The second kappa shape index (κ2) is 4.45. The molecule has 1 aliphatic carbocycles. The first kappa shape index (κ1) is 11.0. The standard InChI is InChI=1S/C12H24O/c1-10(2)9-12(3,13)11-7-5-4-6-8-11/h10-11,13H,4-9H2,1-3H3. The summed E-state index contributed by atoms with van der Waals surface area (Å²) < 4.78 is 0. The molecule has 0 bridgehead atoms. The van der Waals surface area contributed by atoms with E-state index in [4.69, 9.17) is 0 Å². The fraction of sp³-hybridized carbons (Fsp3) is 1.00. The normalized spacial score (nSPS) is 24.7. The molecule has 13 heavy (non-hydrogen) atoms. The molecule has 78 valence electrons. The highest BCUT2D eigenvalue weighted by atomic mass is 16.3. The summed E-state index contributed by atoms with van der Waals surface area (Å²) in [4.78, 5) is 0. The Morgan fingerprint density at radius 2 is 1.77 bits per heavy atom. The molecule has 1 rings (SSSR count). The van der Waals surface area contributed by atoms with E-state index in [1.165, 1.54) is 32.1 Å². The van der Waals surface area contributed by atoms with Crippen LogP contribution < -0.4 is 0 Å². The van der Waals surface area contributed by atoms with Gasteiger partial charge >= 0.3 is 0 Å². The highest BCUT2D eigenvalue weighted by Crippen LogP contribution is 2.35. The van der Waals surface area contributed by atoms with Gasteiger partial charge in [-0.1, -0.05) is 33.1 Å². The molecule has 0 heterocycles. The Morgan fingerprint density at radius 1 is 1.23 bits per heavy atom. The molecular formula is C12H24O. The smallest absolute Gasteiger partial charge is 0.0650 e. The van der Waals surface area contributed by atoms with Gasteiger partial charge in [-0.05, 0) is 38.0 Å². The van der Waals surface area contributed by atoms with Crippen molar-refractivity contribution < 1.29 is 5.11 Å². The van der Waals surface area contributed by atoms with Crippen LogP contribution >= 0.6 is 0 Å². The maximum atomic E-state index is 10.3. The maximum absolute atomic E-state index is 10.3. The van der Waals surface area contributed by atoms with E-state index in [2.05, 4.69) is 13.8 Å². The van der Waals surface area contributed by atoms with Crippen molar-refractivity contribution in [2.45, 2.75) is 64.9 Å². The number of rotatable bonds is 3. The van der Waals surface area contributed by atoms with E-state index in [9.17, 15) is 5.11 Å². The van der Waals surface area contributed by atoms with Crippen LogP contribution in [-0.4, -0.2) is 10.7 Å². The van der Waals surface area contributed by atoms with Crippen LogP contribution in [0.3, 0.4) is 0 Å². The zero-order valence-electron chi connectivity index (χ0n) is 9.34. The minimum absolute atomic E-state index is 0.408. The van der Waals surface area contributed by atoms with Gasteiger partial charge in [-0.15, -0.1) is 0 Å². The van der Waals surface area contributed by atoms with Crippen LogP contribution in [0.5, 0.6) is 0 Å². The second-order valence-electron chi connectivity index (χ2n) is 5.29. The van der Waals surface area contributed by atoms with Gasteiger partial charge in [0.15, 0.2) is 0 Å². The van der Waals surface area contributed by atoms with E-state index in [1.807, 2.05) is 6.92 Å². The minimum Gasteiger partial charge on any atom is -0.390 e. The third kappa shape index (κ3) is 3.30. The average molecular weight is 184 g/mol. The molecule has 0 spiro atoms. The molecule has 0 amide bonds. The monoisotopic (exact) mass is 184 g/mol. The van der Waals surface area contributed by atoms with Crippen molar-refractivity contribution >= 4 is 0 Å². The van der Waals surface area contributed by atoms with Gasteiger partial charge in [0, 0.05) is 0 Å². The Bertz CT molecular complexity index is 143. The highest BCUT2D eigenvalue weighted by molar-refractivity contribution is 4.84. The minimum atomic E-state index is -0.408. The molecule has 1 fully saturated rings. The van der Waals surface area contributed by atoms with E-state index in [-0.39, 0.29) is 0 Å². The van der Waals surface area contributed by atoms with E-state index in [0.29, 0.717) is 11.8 Å². The largest absolute Gasteiger partial charge is 0.390 e. The van der Waals surface area contributed by atoms with Gasteiger partial charge in [-0.2, -0.15) is 0 Å². The van der Waals surface area contributed by atoms with Crippen molar-refractivity contribution in [2.75, 3.05) is 0 Å². The number of hydrogen-bond acceptors (Lipinski definition) is 1. The van der Waals surface area contributed by atoms with E-state index in [1.54, 1.807) is 0 Å². The van der Waals surface area contributed by atoms with Gasteiger partial charge in [0.25, 0.3) is 0 Å². The van der Waals surface area contributed by atoms with Crippen LogP contribution in [0.15, 0.2) is 0 Å². The molecule has 1 N–H and O–H groups in total. The quantitative estimate of drug-likeness (QED) is 0.713. The fourth-order valence-electron chi connectivity index (χ4n) is 2.72. The molecule has 0 radical (unpaired) electrons. The average Bonchev–Trinajstić information content (AvgIpc) is 2.04. The molecule has 0 aliphatic heterocycles. The summed E-state index contributed by atoms with van der Waals surface area (Å²) in [6.45, 7) is 6.41. The summed E-state index contributed by atoms with van der Waals surface area (Å²) in [5.74, 6) is 1.17. The Hall–Kier alpha value is -0.0400. The topological polar surface area (TPSA) is 20.2 Å². The fourth-order valence-corrected chi connectivity index (χ4v) is 2.72. The molecule has 1 nitrogen and oxygen atoms in total. The van der Waals surface area contributed by atoms with Crippen molar-refractivity contribution in [2.24, 2.45) is 11.8 Å². The molecule has 1 heteroatoms. The molecular weight excluding hydrogens is 160 g/mol. The highest BCUT2D eigenvalue weighted by Gasteiger charge is 2.32. The zero-order chi connectivity index (χ0) is 9.90. The summed E-state index contributed by atoms with van der Waals surface area (Å²) in [5, 5.41) is 10.3. The first-order chi connectivity index (χ1) is 6.02. The molecule has 1 atom stereocenters. The predicted octanol–water partition coefficient (Wildman–Crippen LogP) is 3.36. The van der Waals surface area contributed by atoms with Crippen molar-refractivity contribution in [1.82, 2.24) is 0 Å². The SMILES string of the molecule is CC(C)CC(C)(O)C1CCCCC1. The molecule has 0 aromatic rings. The first-order valence-corrected chi connectivity index (χ1v) is 5.75. The zero-order valence-corrected chi connectivity index (χ0v) is 9.34. The summed E-state index contributed by atoms with van der Waals surface area (Å²) in [6, 6.07) is 0. The maximum Gasteiger partial charge on any atom is 0.0650 e. The summed E-state index contributed by atoms with van der Waals surface area (Å²) in [5.41, 5.74) is -0.408. The van der Waals surface area contributed by atoms with Crippen LogP contribution in [0.1, 0.15) is 59.3 Å². The number of hydrogen-bond donors (Lipinski definition) is 1. The van der Waals surface area contributed by atoms with Gasteiger partial charge in [0.05, 0.1) is 5.60 Å². The lowest BCUT2D eigenvalue weighted by Gasteiger charge is -2.36. The molecule has 0 aromatic heterocycles. The van der Waals surface area contributed by atoms with Crippen molar-refractivity contribution in [3.05, 3.63) is 0 Å². The predicted molar refractivity (Wildman–Crippen MR) is 56.7 cm³/mol. The Balaban J connectivity index is 2.45. The molecule has 1 saturated carbocycles. The third-order valence-electron chi connectivity index (χ3n) is 3.31. The summed E-state index contributed by atoms with van der Waals surface area (Å²) >= 11 is 0. The van der Waals surface area contributed by atoms with Gasteiger partial charge in [0.1, 0.15) is 0 Å². The summed E-state index contributed by atoms with van der Waals surface area (Å²) in [6.07, 6.45) is 7.43. The Labute approximate surface area is 82.5 Å². The van der Waals surface area contributed by atoms with Crippen LogP contribution in [0.25, 0.3) is 0 Å². The molecule has 1 aliphatic rings. The number of aliphatic hydroxyl groups is 1.